The van der Waals surface area contributed by atoms with E-state index in [4.69, 9.17) is 11.6 Å². The fourth-order valence-electron chi connectivity index (χ4n) is 2.02. The quantitative estimate of drug-likeness (QED) is 0.850. The van der Waals surface area contributed by atoms with E-state index in [-0.39, 0.29) is 11.1 Å². The second-order valence-electron chi connectivity index (χ2n) is 4.46. The summed E-state index contributed by atoms with van der Waals surface area (Å²) in [7, 11) is 0. The molecular formula is C15H15BrClFN2. The van der Waals surface area contributed by atoms with Gasteiger partial charge in [0.1, 0.15) is 5.82 Å². The van der Waals surface area contributed by atoms with Crippen molar-refractivity contribution >= 4 is 27.5 Å². The van der Waals surface area contributed by atoms with Crippen LogP contribution in [0.4, 0.5) is 4.39 Å². The van der Waals surface area contributed by atoms with Crippen LogP contribution >= 0.6 is 27.5 Å². The maximum atomic E-state index is 13.2. The van der Waals surface area contributed by atoms with E-state index in [9.17, 15) is 4.39 Å². The molecule has 1 aromatic heterocycles. The topological polar surface area (TPSA) is 24.9 Å². The number of halogens is 3. The number of rotatable bonds is 5. The Morgan fingerprint density at radius 2 is 2.15 bits per heavy atom. The maximum absolute atomic E-state index is 13.2. The normalized spacial score (nSPS) is 12.4. The smallest absolute Gasteiger partial charge is 0.141 e. The van der Waals surface area contributed by atoms with E-state index in [1.807, 2.05) is 19.1 Å². The molecule has 20 heavy (non-hydrogen) atoms. The summed E-state index contributed by atoms with van der Waals surface area (Å²) in [6.07, 6.45) is 2.49. The van der Waals surface area contributed by atoms with Crippen LogP contribution in [0.3, 0.4) is 0 Å². The largest absolute Gasteiger partial charge is 0.309 e. The standard InChI is InChI=1S/C15H15BrClFN2/c1-2-19-15(14-6-4-11(16)9-20-14)8-10-3-5-13(18)12(17)7-10/h3-7,9,15,19H,2,8H2,1H3. The van der Waals surface area contributed by atoms with Gasteiger partial charge in [0.2, 0.25) is 0 Å². The summed E-state index contributed by atoms with van der Waals surface area (Å²) in [5.41, 5.74) is 1.93. The summed E-state index contributed by atoms with van der Waals surface area (Å²) in [4.78, 5) is 4.42. The Kier molecular flexibility index (Phi) is 5.52. The minimum absolute atomic E-state index is 0.0784. The van der Waals surface area contributed by atoms with Gasteiger partial charge >= 0.3 is 0 Å². The Labute approximate surface area is 131 Å². The summed E-state index contributed by atoms with van der Waals surface area (Å²) in [6.45, 7) is 2.88. The van der Waals surface area contributed by atoms with Gasteiger partial charge in [0.05, 0.1) is 16.8 Å². The first kappa shape index (κ1) is 15.4. The van der Waals surface area contributed by atoms with E-state index in [0.29, 0.717) is 6.42 Å². The second kappa shape index (κ2) is 7.16. The number of likely N-dealkylation sites (N-methyl/N-ethyl adjacent to an activating group) is 1. The molecule has 0 spiro atoms. The van der Waals surface area contributed by atoms with Crippen molar-refractivity contribution in [3.63, 3.8) is 0 Å². The number of hydrogen-bond donors (Lipinski definition) is 1. The maximum Gasteiger partial charge on any atom is 0.141 e. The molecule has 0 saturated carbocycles. The van der Waals surface area contributed by atoms with Crippen LogP contribution < -0.4 is 5.32 Å². The van der Waals surface area contributed by atoms with Crippen molar-refractivity contribution in [3.8, 4) is 0 Å². The molecule has 0 amide bonds. The molecule has 1 unspecified atom stereocenters. The van der Waals surface area contributed by atoms with Gasteiger partial charge in [0, 0.05) is 10.7 Å². The van der Waals surface area contributed by atoms with Gasteiger partial charge in [-0.2, -0.15) is 0 Å². The van der Waals surface area contributed by atoms with Gasteiger partial charge in [-0.1, -0.05) is 24.6 Å². The SMILES string of the molecule is CCNC(Cc1ccc(F)c(Cl)c1)c1ccc(Br)cn1. The molecule has 2 rings (SSSR count). The van der Waals surface area contributed by atoms with Crippen LogP contribution in [0.2, 0.25) is 5.02 Å². The summed E-state index contributed by atoms with van der Waals surface area (Å²) in [5.74, 6) is -0.391. The highest BCUT2D eigenvalue weighted by Gasteiger charge is 2.13. The molecule has 5 heteroatoms. The first-order valence-corrected chi connectivity index (χ1v) is 7.56. The number of aromatic nitrogens is 1. The zero-order valence-electron chi connectivity index (χ0n) is 11.0. The van der Waals surface area contributed by atoms with Crippen LogP contribution in [0.5, 0.6) is 0 Å². The Hall–Kier alpha value is -0.970. The van der Waals surface area contributed by atoms with Crippen LogP contribution in [0.15, 0.2) is 41.0 Å². The number of pyridine rings is 1. The Balaban J connectivity index is 2.20. The molecule has 2 nitrogen and oxygen atoms in total. The van der Waals surface area contributed by atoms with Gasteiger partial charge < -0.3 is 5.32 Å². The minimum atomic E-state index is -0.391. The molecule has 2 aromatic rings. The lowest BCUT2D eigenvalue weighted by Gasteiger charge is -2.17. The van der Waals surface area contributed by atoms with Crippen LogP contribution in [0.1, 0.15) is 24.2 Å². The first-order valence-electron chi connectivity index (χ1n) is 6.39. The van der Waals surface area contributed by atoms with E-state index in [1.165, 1.54) is 6.07 Å². The highest BCUT2D eigenvalue weighted by atomic mass is 79.9. The first-order chi connectivity index (χ1) is 9.60. The van der Waals surface area contributed by atoms with Gasteiger partial charge in [-0.15, -0.1) is 0 Å². The fraction of sp³-hybridized carbons (Fsp3) is 0.267. The van der Waals surface area contributed by atoms with Crippen LogP contribution in [0.25, 0.3) is 0 Å². The molecule has 0 aliphatic carbocycles. The molecule has 1 aromatic carbocycles. The van der Waals surface area contributed by atoms with E-state index < -0.39 is 5.82 Å². The van der Waals surface area contributed by atoms with Crippen molar-refractivity contribution in [1.29, 1.82) is 0 Å². The highest BCUT2D eigenvalue weighted by molar-refractivity contribution is 9.10. The molecule has 0 aliphatic rings. The van der Waals surface area contributed by atoms with Crippen molar-refractivity contribution in [1.82, 2.24) is 10.3 Å². The Bertz CT molecular complexity index is 575. The van der Waals surface area contributed by atoms with Crippen molar-refractivity contribution in [2.45, 2.75) is 19.4 Å². The minimum Gasteiger partial charge on any atom is -0.309 e. The predicted octanol–water partition coefficient (Wildman–Crippen LogP) is 4.53. The zero-order chi connectivity index (χ0) is 14.5. The lowest BCUT2D eigenvalue weighted by molar-refractivity contribution is 0.535. The van der Waals surface area contributed by atoms with E-state index in [1.54, 1.807) is 18.3 Å². The van der Waals surface area contributed by atoms with Crippen molar-refractivity contribution < 1.29 is 4.39 Å². The van der Waals surface area contributed by atoms with Gasteiger partial charge in [-0.3, -0.25) is 4.98 Å². The molecule has 0 fully saturated rings. The summed E-state index contributed by atoms with van der Waals surface area (Å²) < 4.78 is 14.1. The van der Waals surface area contributed by atoms with Gasteiger partial charge in [-0.25, -0.2) is 4.39 Å². The van der Waals surface area contributed by atoms with Gasteiger partial charge in [0.25, 0.3) is 0 Å². The van der Waals surface area contributed by atoms with Gasteiger partial charge in [-0.05, 0) is 58.7 Å². The number of benzene rings is 1. The predicted molar refractivity (Wildman–Crippen MR) is 83.5 cm³/mol. The van der Waals surface area contributed by atoms with E-state index in [0.717, 1.165) is 22.3 Å². The Morgan fingerprint density at radius 3 is 2.75 bits per heavy atom. The number of nitrogens with zero attached hydrogens (tertiary/aromatic N) is 1. The van der Waals surface area contributed by atoms with Crippen molar-refractivity contribution in [3.05, 3.63) is 63.1 Å². The number of hydrogen-bond acceptors (Lipinski definition) is 2. The third kappa shape index (κ3) is 4.01. The van der Waals surface area contributed by atoms with E-state index >= 15 is 0 Å². The third-order valence-corrected chi connectivity index (χ3v) is 3.74. The molecule has 1 heterocycles. The molecule has 0 bridgehead atoms. The molecule has 0 saturated heterocycles. The van der Waals surface area contributed by atoms with E-state index in [2.05, 4.69) is 26.2 Å². The van der Waals surface area contributed by atoms with Gasteiger partial charge in [0.15, 0.2) is 0 Å². The van der Waals surface area contributed by atoms with Crippen LogP contribution in [-0.4, -0.2) is 11.5 Å². The molecular weight excluding hydrogens is 343 g/mol. The lowest BCUT2D eigenvalue weighted by atomic mass is 10.0. The summed E-state index contributed by atoms with van der Waals surface area (Å²) >= 11 is 9.20. The average Bonchev–Trinajstić information content (AvgIpc) is 2.43. The molecule has 1 atom stereocenters. The molecule has 0 aliphatic heterocycles. The fourth-order valence-corrected chi connectivity index (χ4v) is 2.46. The molecule has 1 N–H and O–H groups in total. The lowest BCUT2D eigenvalue weighted by Crippen LogP contribution is -2.23. The average molecular weight is 358 g/mol. The van der Waals surface area contributed by atoms with Crippen LogP contribution in [-0.2, 0) is 6.42 Å². The monoisotopic (exact) mass is 356 g/mol. The van der Waals surface area contributed by atoms with Crippen LogP contribution in [0, 0.1) is 5.82 Å². The number of nitrogens with one attached hydrogen (secondary N) is 1. The highest BCUT2D eigenvalue weighted by Crippen LogP contribution is 2.22. The zero-order valence-corrected chi connectivity index (χ0v) is 13.4. The summed E-state index contributed by atoms with van der Waals surface area (Å²) in [6, 6.07) is 8.84. The van der Waals surface area contributed by atoms with Crippen molar-refractivity contribution in [2.24, 2.45) is 0 Å². The molecule has 0 radical (unpaired) electrons. The third-order valence-electron chi connectivity index (χ3n) is 2.98. The Morgan fingerprint density at radius 1 is 1.35 bits per heavy atom. The summed E-state index contributed by atoms with van der Waals surface area (Å²) in [5, 5.41) is 3.54. The molecule has 106 valence electrons. The second-order valence-corrected chi connectivity index (χ2v) is 5.79. The van der Waals surface area contributed by atoms with Crippen molar-refractivity contribution in [2.75, 3.05) is 6.54 Å².